The molecule has 0 atom stereocenters. The van der Waals surface area contributed by atoms with E-state index in [-0.39, 0.29) is 17.3 Å². The minimum Gasteiger partial charge on any atom is -0.497 e. The fourth-order valence-electron chi connectivity index (χ4n) is 3.21. The van der Waals surface area contributed by atoms with Gasteiger partial charge in [-0.15, -0.1) is 0 Å². The maximum absolute atomic E-state index is 13.1. The SMILES string of the molecule is COc1ccc(Oc2ccc(S(=O)(=O)N3CCc4cnc(C(N)=O)nc4C3)cc2)cc1. The number of hydrogen-bond acceptors (Lipinski definition) is 7. The molecule has 0 spiro atoms. The van der Waals surface area contributed by atoms with Crippen LogP contribution in [0.25, 0.3) is 0 Å². The number of carbonyl (C=O) groups is 1. The molecule has 0 aliphatic carbocycles. The smallest absolute Gasteiger partial charge is 0.286 e. The molecule has 0 saturated carbocycles. The van der Waals surface area contributed by atoms with Gasteiger partial charge < -0.3 is 15.2 Å². The van der Waals surface area contributed by atoms with Crippen molar-refractivity contribution in [2.45, 2.75) is 17.9 Å². The van der Waals surface area contributed by atoms with Crippen LogP contribution in [0, 0.1) is 0 Å². The molecule has 31 heavy (non-hydrogen) atoms. The zero-order chi connectivity index (χ0) is 22.0. The van der Waals surface area contributed by atoms with Gasteiger partial charge in [0.2, 0.25) is 15.8 Å². The highest BCUT2D eigenvalue weighted by Gasteiger charge is 2.29. The first-order valence-electron chi connectivity index (χ1n) is 9.43. The average molecular weight is 440 g/mol. The van der Waals surface area contributed by atoms with Crippen molar-refractivity contribution in [3.63, 3.8) is 0 Å². The van der Waals surface area contributed by atoms with Gasteiger partial charge in [0.25, 0.3) is 5.91 Å². The number of nitrogens with two attached hydrogens (primary N) is 1. The molecular weight excluding hydrogens is 420 g/mol. The van der Waals surface area contributed by atoms with Gasteiger partial charge in [-0.3, -0.25) is 4.79 Å². The van der Waals surface area contributed by atoms with Crippen LogP contribution in [-0.4, -0.2) is 42.3 Å². The molecule has 0 fully saturated rings. The second-order valence-electron chi connectivity index (χ2n) is 6.87. The molecule has 0 unspecified atom stereocenters. The van der Waals surface area contributed by atoms with Crippen molar-refractivity contribution in [3.05, 3.63) is 71.8 Å². The highest BCUT2D eigenvalue weighted by molar-refractivity contribution is 7.89. The Hall–Kier alpha value is -3.50. The lowest BCUT2D eigenvalue weighted by molar-refractivity contribution is 0.0990. The van der Waals surface area contributed by atoms with Gasteiger partial charge in [-0.25, -0.2) is 18.4 Å². The molecule has 1 amide bonds. The maximum atomic E-state index is 13.1. The van der Waals surface area contributed by atoms with Crippen molar-refractivity contribution >= 4 is 15.9 Å². The van der Waals surface area contributed by atoms with Crippen molar-refractivity contribution in [3.8, 4) is 17.2 Å². The third kappa shape index (κ3) is 4.35. The van der Waals surface area contributed by atoms with Crippen molar-refractivity contribution in [1.29, 1.82) is 0 Å². The first-order chi connectivity index (χ1) is 14.9. The Labute approximate surface area is 179 Å². The number of hydrogen-bond donors (Lipinski definition) is 1. The van der Waals surface area contributed by atoms with Crippen LogP contribution in [0.3, 0.4) is 0 Å². The van der Waals surface area contributed by atoms with Gasteiger partial charge in [0.05, 0.1) is 24.2 Å². The van der Waals surface area contributed by atoms with Gasteiger partial charge in [0, 0.05) is 12.7 Å². The van der Waals surface area contributed by atoms with Gasteiger partial charge in [0.1, 0.15) is 17.2 Å². The Bertz CT molecular complexity index is 1210. The third-order valence-corrected chi connectivity index (χ3v) is 6.75. The van der Waals surface area contributed by atoms with Crippen LogP contribution >= 0.6 is 0 Å². The number of primary amides is 1. The van der Waals surface area contributed by atoms with E-state index in [1.165, 1.54) is 22.6 Å². The summed E-state index contributed by atoms with van der Waals surface area (Å²) in [5.41, 5.74) is 6.52. The third-order valence-electron chi connectivity index (χ3n) is 4.89. The number of nitrogens with zero attached hydrogens (tertiary/aromatic N) is 3. The number of benzene rings is 2. The van der Waals surface area contributed by atoms with Gasteiger partial charge in [-0.2, -0.15) is 4.31 Å². The monoisotopic (exact) mass is 440 g/mol. The molecule has 0 bridgehead atoms. The van der Waals surface area contributed by atoms with E-state index in [1.54, 1.807) is 43.5 Å². The molecule has 2 heterocycles. The molecular formula is C21H20N4O5S. The van der Waals surface area contributed by atoms with Crippen molar-refractivity contribution < 1.29 is 22.7 Å². The van der Waals surface area contributed by atoms with Gasteiger partial charge in [-0.05, 0) is 60.5 Å². The zero-order valence-corrected chi connectivity index (χ0v) is 17.5. The number of aromatic nitrogens is 2. The molecule has 10 heteroatoms. The van der Waals surface area contributed by atoms with Crippen LogP contribution in [0.4, 0.5) is 0 Å². The standard InChI is InChI=1S/C21H20N4O5S/c1-29-15-2-4-16(5-3-15)30-17-6-8-18(9-7-17)31(27,28)25-11-10-14-12-23-21(20(22)26)24-19(14)13-25/h2-9,12H,10-11,13H2,1H3,(H2,22,26). The molecule has 1 aliphatic heterocycles. The number of ether oxygens (including phenoxy) is 2. The molecule has 3 aromatic rings. The molecule has 0 radical (unpaired) electrons. The summed E-state index contributed by atoms with van der Waals surface area (Å²) in [4.78, 5) is 19.5. The summed E-state index contributed by atoms with van der Waals surface area (Å²) >= 11 is 0. The normalized spacial score (nSPS) is 14.0. The van der Waals surface area contributed by atoms with Gasteiger partial charge >= 0.3 is 0 Å². The predicted octanol–water partition coefficient (Wildman–Crippen LogP) is 2.12. The summed E-state index contributed by atoms with van der Waals surface area (Å²) in [6.45, 7) is 0.337. The van der Waals surface area contributed by atoms with Crippen molar-refractivity contribution in [1.82, 2.24) is 14.3 Å². The molecule has 0 saturated heterocycles. The summed E-state index contributed by atoms with van der Waals surface area (Å²) < 4.78 is 38.4. The summed E-state index contributed by atoms with van der Waals surface area (Å²) in [5, 5.41) is 0. The summed E-state index contributed by atoms with van der Waals surface area (Å²) in [7, 11) is -2.17. The van der Waals surface area contributed by atoms with Crippen LogP contribution in [-0.2, 0) is 23.0 Å². The molecule has 160 valence electrons. The Morgan fingerprint density at radius 2 is 1.65 bits per heavy atom. The molecule has 1 aromatic heterocycles. The lowest BCUT2D eigenvalue weighted by Crippen LogP contribution is -2.37. The van der Waals surface area contributed by atoms with Crippen LogP contribution < -0.4 is 15.2 Å². The van der Waals surface area contributed by atoms with Crippen LogP contribution in [0.15, 0.2) is 59.6 Å². The van der Waals surface area contributed by atoms with Gasteiger partial charge in [-0.1, -0.05) is 0 Å². The Kier molecular flexibility index (Phi) is 5.57. The highest BCUT2D eigenvalue weighted by Crippen LogP contribution is 2.27. The Morgan fingerprint density at radius 3 is 2.26 bits per heavy atom. The van der Waals surface area contributed by atoms with E-state index in [1.807, 2.05) is 0 Å². The topological polar surface area (TPSA) is 125 Å². The number of sulfonamides is 1. The van der Waals surface area contributed by atoms with E-state index in [0.717, 1.165) is 5.56 Å². The van der Waals surface area contributed by atoms with Crippen LogP contribution in [0.5, 0.6) is 17.2 Å². The number of methoxy groups -OCH3 is 1. The molecule has 2 N–H and O–H groups in total. The van der Waals surface area contributed by atoms with Gasteiger partial charge in [0.15, 0.2) is 0 Å². The van der Waals surface area contributed by atoms with E-state index >= 15 is 0 Å². The number of rotatable bonds is 6. The molecule has 9 nitrogen and oxygen atoms in total. The number of amides is 1. The highest BCUT2D eigenvalue weighted by atomic mass is 32.2. The minimum atomic E-state index is -3.75. The average Bonchev–Trinajstić information content (AvgIpc) is 2.79. The summed E-state index contributed by atoms with van der Waals surface area (Å²) in [6, 6.07) is 13.3. The molecule has 1 aliphatic rings. The fraction of sp³-hybridized carbons (Fsp3) is 0.190. The Morgan fingerprint density at radius 1 is 1.03 bits per heavy atom. The Balaban J connectivity index is 1.51. The number of carbonyl (C=O) groups excluding carboxylic acids is 1. The van der Waals surface area contributed by atoms with Crippen LogP contribution in [0.1, 0.15) is 21.9 Å². The van der Waals surface area contributed by atoms with E-state index in [9.17, 15) is 13.2 Å². The molecule has 4 rings (SSSR count). The van der Waals surface area contributed by atoms with E-state index in [2.05, 4.69) is 9.97 Å². The van der Waals surface area contributed by atoms with Crippen molar-refractivity contribution in [2.75, 3.05) is 13.7 Å². The summed E-state index contributed by atoms with van der Waals surface area (Å²) in [6.07, 6.45) is 1.98. The zero-order valence-electron chi connectivity index (χ0n) is 16.7. The predicted molar refractivity (Wildman–Crippen MR) is 111 cm³/mol. The first-order valence-corrected chi connectivity index (χ1v) is 10.9. The maximum Gasteiger partial charge on any atom is 0.286 e. The van der Waals surface area contributed by atoms with Crippen molar-refractivity contribution in [2.24, 2.45) is 5.73 Å². The second kappa shape index (κ2) is 8.32. The minimum absolute atomic E-state index is 0.0462. The van der Waals surface area contributed by atoms with E-state index < -0.39 is 15.9 Å². The molecule has 2 aromatic carbocycles. The lowest BCUT2D eigenvalue weighted by Gasteiger charge is -2.27. The van der Waals surface area contributed by atoms with E-state index in [4.69, 9.17) is 15.2 Å². The van der Waals surface area contributed by atoms with E-state index in [0.29, 0.717) is 35.9 Å². The first kappa shape index (κ1) is 20.8. The lowest BCUT2D eigenvalue weighted by atomic mass is 10.1. The largest absolute Gasteiger partial charge is 0.497 e. The van der Waals surface area contributed by atoms with Crippen LogP contribution in [0.2, 0.25) is 0 Å². The summed E-state index contributed by atoms with van der Waals surface area (Å²) in [5.74, 6) is 0.944. The quantitative estimate of drug-likeness (QED) is 0.622. The fourth-order valence-corrected chi connectivity index (χ4v) is 4.61. The number of fused-ring (bicyclic) bond motifs is 1. The second-order valence-corrected chi connectivity index (χ2v) is 8.81.